The summed E-state index contributed by atoms with van der Waals surface area (Å²) in [6, 6.07) is 4.31. The minimum absolute atomic E-state index is 0.195. The second kappa shape index (κ2) is 7.83. The molecule has 1 aromatic carbocycles. The molecule has 1 unspecified atom stereocenters. The molecule has 0 spiro atoms. The number of benzene rings is 1. The van der Waals surface area contributed by atoms with E-state index in [4.69, 9.17) is 4.52 Å². The first kappa shape index (κ1) is 19.0. The topological polar surface area (TPSA) is 78.7 Å². The van der Waals surface area contributed by atoms with Crippen LogP contribution in [0.3, 0.4) is 0 Å². The number of halogens is 2. The smallest absolute Gasteiger partial charge is 0.292 e. The average Bonchev–Trinajstić information content (AvgIpc) is 3.10. The first-order valence-corrected chi connectivity index (χ1v) is 8.57. The van der Waals surface area contributed by atoms with Gasteiger partial charge in [0.2, 0.25) is 11.7 Å². The van der Waals surface area contributed by atoms with Gasteiger partial charge >= 0.3 is 0 Å². The molecule has 1 saturated heterocycles. The highest BCUT2D eigenvalue weighted by Crippen LogP contribution is 2.16. The SMILES string of the molecule is Cc1cc(C(=O)N2CCN(C(C)C(=O)Nc3ccc(F)c(F)c3)CC2)on1. The molecule has 2 heterocycles. The Morgan fingerprint density at radius 2 is 1.85 bits per heavy atom. The lowest BCUT2D eigenvalue weighted by Gasteiger charge is -2.37. The Hall–Kier alpha value is -2.81. The number of amides is 2. The highest BCUT2D eigenvalue weighted by Gasteiger charge is 2.29. The van der Waals surface area contributed by atoms with E-state index in [1.54, 1.807) is 24.8 Å². The van der Waals surface area contributed by atoms with Crippen molar-refractivity contribution >= 4 is 17.5 Å². The van der Waals surface area contributed by atoms with E-state index in [0.29, 0.717) is 31.9 Å². The lowest BCUT2D eigenvalue weighted by atomic mass is 10.2. The fraction of sp³-hybridized carbons (Fsp3) is 0.389. The lowest BCUT2D eigenvalue weighted by Crippen LogP contribution is -2.54. The summed E-state index contributed by atoms with van der Waals surface area (Å²) < 4.78 is 31.2. The molecule has 3 rings (SSSR count). The van der Waals surface area contributed by atoms with Crippen LogP contribution in [0.25, 0.3) is 0 Å². The summed E-state index contributed by atoms with van der Waals surface area (Å²) in [6.07, 6.45) is 0. The van der Waals surface area contributed by atoms with Gasteiger partial charge in [0.1, 0.15) is 0 Å². The Bertz CT molecular complexity index is 847. The summed E-state index contributed by atoms with van der Waals surface area (Å²) in [5.41, 5.74) is 0.833. The number of carbonyl (C=O) groups excluding carboxylic acids is 2. The molecule has 0 saturated carbocycles. The number of carbonyl (C=O) groups is 2. The quantitative estimate of drug-likeness (QED) is 0.881. The first-order valence-electron chi connectivity index (χ1n) is 8.57. The van der Waals surface area contributed by atoms with Crippen LogP contribution in [0.2, 0.25) is 0 Å². The third-order valence-corrected chi connectivity index (χ3v) is 4.55. The fourth-order valence-electron chi connectivity index (χ4n) is 2.92. The normalized spacial score (nSPS) is 16.2. The second-order valence-corrected chi connectivity index (χ2v) is 6.45. The summed E-state index contributed by atoms with van der Waals surface area (Å²) >= 11 is 0. The van der Waals surface area contributed by atoms with E-state index in [9.17, 15) is 18.4 Å². The maximum absolute atomic E-state index is 13.3. The van der Waals surface area contributed by atoms with Crippen LogP contribution in [0.1, 0.15) is 23.2 Å². The molecular formula is C18H20F2N4O3. The van der Waals surface area contributed by atoms with Crippen LogP contribution in [-0.4, -0.2) is 59.0 Å². The van der Waals surface area contributed by atoms with Crippen molar-refractivity contribution < 1.29 is 22.9 Å². The summed E-state index contributed by atoms with van der Waals surface area (Å²) in [6.45, 7) is 5.37. The minimum atomic E-state index is -1.02. The third kappa shape index (κ3) is 4.30. The zero-order chi connectivity index (χ0) is 19.6. The second-order valence-electron chi connectivity index (χ2n) is 6.45. The highest BCUT2D eigenvalue weighted by molar-refractivity contribution is 5.94. The van der Waals surface area contributed by atoms with Crippen molar-refractivity contribution in [2.24, 2.45) is 0 Å². The van der Waals surface area contributed by atoms with Crippen molar-refractivity contribution in [3.8, 4) is 0 Å². The van der Waals surface area contributed by atoms with E-state index in [0.717, 1.165) is 12.1 Å². The molecule has 1 atom stereocenters. The van der Waals surface area contributed by atoms with Gasteiger partial charge in [0.05, 0.1) is 11.7 Å². The van der Waals surface area contributed by atoms with E-state index in [1.165, 1.54) is 6.07 Å². The van der Waals surface area contributed by atoms with Crippen molar-refractivity contribution in [2.45, 2.75) is 19.9 Å². The number of nitrogens with one attached hydrogen (secondary N) is 1. The number of aromatic nitrogens is 1. The van der Waals surface area contributed by atoms with Crippen molar-refractivity contribution in [3.05, 3.63) is 47.4 Å². The molecule has 1 N–H and O–H groups in total. The predicted molar refractivity (Wildman–Crippen MR) is 93.2 cm³/mol. The van der Waals surface area contributed by atoms with Crippen LogP contribution >= 0.6 is 0 Å². The molecule has 27 heavy (non-hydrogen) atoms. The number of rotatable bonds is 4. The number of anilines is 1. The van der Waals surface area contributed by atoms with Gasteiger partial charge in [-0.3, -0.25) is 14.5 Å². The maximum atomic E-state index is 13.3. The molecule has 1 fully saturated rings. The molecule has 0 aliphatic carbocycles. The zero-order valence-corrected chi connectivity index (χ0v) is 15.0. The monoisotopic (exact) mass is 378 g/mol. The van der Waals surface area contributed by atoms with E-state index in [-0.39, 0.29) is 23.3 Å². The summed E-state index contributed by atoms with van der Waals surface area (Å²) in [5, 5.41) is 6.29. The van der Waals surface area contributed by atoms with Gasteiger partial charge in [-0.25, -0.2) is 8.78 Å². The largest absolute Gasteiger partial charge is 0.351 e. The van der Waals surface area contributed by atoms with Crippen LogP contribution < -0.4 is 5.32 Å². The summed E-state index contributed by atoms with van der Waals surface area (Å²) in [5.74, 6) is -2.34. The zero-order valence-electron chi connectivity index (χ0n) is 15.0. The van der Waals surface area contributed by atoms with Crippen LogP contribution in [0.15, 0.2) is 28.8 Å². The van der Waals surface area contributed by atoms with Gasteiger partial charge < -0.3 is 14.7 Å². The van der Waals surface area contributed by atoms with E-state index >= 15 is 0 Å². The molecule has 0 radical (unpaired) electrons. The van der Waals surface area contributed by atoms with E-state index in [1.807, 2.05) is 4.90 Å². The van der Waals surface area contributed by atoms with Crippen molar-refractivity contribution in [2.75, 3.05) is 31.5 Å². The molecule has 7 nitrogen and oxygen atoms in total. The molecule has 144 valence electrons. The van der Waals surface area contributed by atoms with E-state index in [2.05, 4.69) is 10.5 Å². The van der Waals surface area contributed by atoms with Crippen molar-refractivity contribution in [1.29, 1.82) is 0 Å². The molecule has 1 aromatic heterocycles. The maximum Gasteiger partial charge on any atom is 0.292 e. The van der Waals surface area contributed by atoms with Gasteiger partial charge in [-0.05, 0) is 26.0 Å². The van der Waals surface area contributed by atoms with Gasteiger partial charge in [0.15, 0.2) is 11.6 Å². The molecule has 0 bridgehead atoms. The summed E-state index contributed by atoms with van der Waals surface area (Å²) in [7, 11) is 0. The van der Waals surface area contributed by atoms with Gasteiger partial charge in [-0.1, -0.05) is 5.16 Å². The van der Waals surface area contributed by atoms with Gasteiger partial charge in [-0.15, -0.1) is 0 Å². The third-order valence-electron chi connectivity index (χ3n) is 4.55. The number of aryl methyl sites for hydroxylation is 1. The molecule has 1 aliphatic heterocycles. The number of hydrogen-bond donors (Lipinski definition) is 1. The number of hydrogen-bond acceptors (Lipinski definition) is 5. The van der Waals surface area contributed by atoms with Crippen LogP contribution in [0.5, 0.6) is 0 Å². The molecule has 2 aromatic rings. The average molecular weight is 378 g/mol. The number of piperazine rings is 1. The molecule has 1 aliphatic rings. The van der Waals surface area contributed by atoms with Crippen LogP contribution in [0, 0.1) is 18.6 Å². The van der Waals surface area contributed by atoms with Crippen LogP contribution in [-0.2, 0) is 4.79 Å². The highest BCUT2D eigenvalue weighted by atomic mass is 19.2. The van der Waals surface area contributed by atoms with Gasteiger partial charge in [0, 0.05) is 44.0 Å². The molecular weight excluding hydrogens is 358 g/mol. The Labute approximate surface area is 154 Å². The first-order chi connectivity index (χ1) is 12.8. The lowest BCUT2D eigenvalue weighted by molar-refractivity contribution is -0.121. The molecule has 2 amide bonds. The van der Waals surface area contributed by atoms with Crippen molar-refractivity contribution in [1.82, 2.24) is 15.0 Å². The Balaban J connectivity index is 1.54. The summed E-state index contributed by atoms with van der Waals surface area (Å²) in [4.78, 5) is 28.3. The van der Waals surface area contributed by atoms with Gasteiger partial charge in [0.25, 0.3) is 5.91 Å². The predicted octanol–water partition coefficient (Wildman–Crippen LogP) is 2.05. The van der Waals surface area contributed by atoms with Crippen LogP contribution in [0.4, 0.5) is 14.5 Å². The van der Waals surface area contributed by atoms with Crippen molar-refractivity contribution in [3.63, 3.8) is 0 Å². The Kier molecular flexibility index (Phi) is 5.50. The fourth-order valence-corrected chi connectivity index (χ4v) is 2.92. The van der Waals surface area contributed by atoms with E-state index < -0.39 is 17.7 Å². The Morgan fingerprint density at radius 1 is 1.15 bits per heavy atom. The minimum Gasteiger partial charge on any atom is -0.351 e. The standard InChI is InChI=1S/C18H20F2N4O3/c1-11-9-16(27-22-11)18(26)24-7-5-23(6-8-24)12(2)17(25)21-13-3-4-14(19)15(20)10-13/h3-4,9-10,12H,5-8H2,1-2H3,(H,21,25). The Morgan fingerprint density at radius 3 is 2.44 bits per heavy atom. The molecule has 9 heteroatoms. The van der Waals surface area contributed by atoms with Gasteiger partial charge in [-0.2, -0.15) is 0 Å². The number of nitrogens with zero attached hydrogens (tertiary/aromatic N) is 3.